The van der Waals surface area contributed by atoms with Gasteiger partial charge in [0.05, 0.1) is 30.4 Å². The van der Waals surface area contributed by atoms with Crippen LogP contribution in [0.1, 0.15) is 26.3 Å². The molecule has 1 fully saturated rings. The Balaban J connectivity index is 1.73. The Morgan fingerprint density at radius 2 is 1.73 bits per heavy atom. The van der Waals surface area contributed by atoms with E-state index in [-0.39, 0.29) is 19.1 Å². The third kappa shape index (κ3) is 7.01. The number of aliphatic imine (C=N–C) groups is 1. The van der Waals surface area contributed by atoms with Crippen LogP contribution in [-0.4, -0.2) is 43.5 Å². The highest BCUT2D eigenvalue weighted by Crippen LogP contribution is 2.32. The Bertz CT molecular complexity index is 1050. The summed E-state index contributed by atoms with van der Waals surface area (Å²) in [7, 11) is 0. The lowest BCUT2D eigenvalue weighted by molar-refractivity contribution is -0.145. The van der Waals surface area contributed by atoms with E-state index >= 15 is 0 Å². The van der Waals surface area contributed by atoms with Crippen LogP contribution in [-0.2, 0) is 14.3 Å². The molecule has 0 aromatic heterocycles. The van der Waals surface area contributed by atoms with Gasteiger partial charge in [-0.2, -0.15) is 0 Å². The predicted octanol–water partition coefficient (Wildman–Crippen LogP) is 4.32. The van der Waals surface area contributed by atoms with Crippen LogP contribution in [0.2, 0.25) is 0 Å². The quantitative estimate of drug-likeness (QED) is 0.408. The fourth-order valence-corrected chi connectivity index (χ4v) is 3.72. The summed E-state index contributed by atoms with van der Waals surface area (Å²) in [6.45, 7) is 6.60. The summed E-state index contributed by atoms with van der Waals surface area (Å²) >= 11 is 1.25. The molecule has 174 valence electrons. The maximum Gasteiger partial charge on any atom is 0.344 e. The Morgan fingerprint density at radius 3 is 2.42 bits per heavy atom. The lowest BCUT2D eigenvalue weighted by atomic mass is 10.2. The Kier molecular flexibility index (Phi) is 8.77. The van der Waals surface area contributed by atoms with E-state index in [1.165, 1.54) is 11.8 Å². The number of hydrogen-bond acceptors (Lipinski definition) is 8. The van der Waals surface area contributed by atoms with Crippen LogP contribution in [0.15, 0.2) is 52.4 Å². The van der Waals surface area contributed by atoms with E-state index in [0.717, 1.165) is 11.3 Å². The number of ether oxygens (including phenoxy) is 4. The van der Waals surface area contributed by atoms with E-state index in [0.29, 0.717) is 40.5 Å². The first-order chi connectivity index (χ1) is 16.0. The molecule has 0 unspecified atom stereocenters. The molecule has 2 aromatic carbocycles. The number of carbonyl (C=O) groups excluding carboxylic acids is 2. The topological polar surface area (TPSA) is 95.5 Å². The summed E-state index contributed by atoms with van der Waals surface area (Å²) in [5.41, 5.74) is 1.46. The molecule has 3 rings (SSSR count). The van der Waals surface area contributed by atoms with Gasteiger partial charge in [-0.15, -0.1) is 0 Å². The van der Waals surface area contributed by atoms with Crippen molar-refractivity contribution < 1.29 is 28.5 Å². The minimum Gasteiger partial charge on any atom is -0.494 e. The lowest BCUT2D eigenvalue weighted by Gasteiger charge is -2.12. The molecular weight excluding hydrogens is 444 g/mol. The van der Waals surface area contributed by atoms with Crippen molar-refractivity contribution in [1.82, 2.24) is 5.32 Å². The van der Waals surface area contributed by atoms with E-state index in [2.05, 4.69) is 10.3 Å². The summed E-state index contributed by atoms with van der Waals surface area (Å²) in [5.74, 6) is 0.982. The molecule has 0 saturated carbocycles. The first-order valence-electron chi connectivity index (χ1n) is 10.6. The number of benzene rings is 2. The van der Waals surface area contributed by atoms with E-state index in [1.54, 1.807) is 31.2 Å². The third-order valence-electron chi connectivity index (χ3n) is 4.25. The molecular formula is C24H26N2O6S. The van der Waals surface area contributed by atoms with Crippen LogP contribution in [0.4, 0.5) is 5.69 Å². The molecule has 1 saturated heterocycles. The minimum atomic E-state index is -0.454. The number of rotatable bonds is 10. The molecule has 0 aliphatic carbocycles. The SMILES string of the molecule is CCOC(=O)COc1ccc(/C=C2/SC(=Nc3ccc(OCC)cc3)NC2=O)cc1OCC. The molecule has 2 aromatic rings. The van der Waals surface area contributed by atoms with Crippen LogP contribution < -0.4 is 19.5 Å². The van der Waals surface area contributed by atoms with E-state index in [4.69, 9.17) is 18.9 Å². The summed E-state index contributed by atoms with van der Waals surface area (Å²) in [4.78, 5) is 29.0. The van der Waals surface area contributed by atoms with Gasteiger partial charge in [0.1, 0.15) is 5.75 Å². The second-order valence-electron chi connectivity index (χ2n) is 6.64. The molecule has 1 amide bonds. The van der Waals surface area contributed by atoms with Crippen molar-refractivity contribution in [2.75, 3.05) is 26.4 Å². The molecule has 0 radical (unpaired) electrons. The molecule has 9 heteroatoms. The summed E-state index contributed by atoms with van der Waals surface area (Å²) in [6, 6.07) is 12.6. The van der Waals surface area contributed by atoms with Gasteiger partial charge >= 0.3 is 5.97 Å². The second kappa shape index (κ2) is 12.0. The molecule has 1 N–H and O–H groups in total. The largest absolute Gasteiger partial charge is 0.494 e. The number of carbonyl (C=O) groups is 2. The van der Waals surface area contributed by atoms with E-state index in [1.807, 2.05) is 38.1 Å². The molecule has 0 spiro atoms. The van der Waals surface area contributed by atoms with Gasteiger partial charge in [-0.3, -0.25) is 4.79 Å². The smallest absolute Gasteiger partial charge is 0.344 e. The number of nitrogens with zero attached hydrogens (tertiary/aromatic N) is 1. The Hall–Kier alpha value is -3.46. The lowest BCUT2D eigenvalue weighted by Crippen LogP contribution is -2.19. The number of amides is 1. The van der Waals surface area contributed by atoms with Gasteiger partial charge in [-0.05, 0) is 80.6 Å². The molecule has 1 heterocycles. The first-order valence-corrected chi connectivity index (χ1v) is 11.4. The summed E-state index contributed by atoms with van der Waals surface area (Å²) < 4.78 is 21.5. The minimum absolute atomic E-state index is 0.210. The third-order valence-corrected chi connectivity index (χ3v) is 5.16. The highest BCUT2D eigenvalue weighted by Gasteiger charge is 2.24. The number of esters is 1. The zero-order valence-electron chi connectivity index (χ0n) is 18.8. The molecule has 1 aliphatic rings. The zero-order chi connectivity index (χ0) is 23.6. The molecule has 0 bridgehead atoms. The fraction of sp³-hybridized carbons (Fsp3) is 0.292. The van der Waals surface area contributed by atoms with Crippen molar-refractivity contribution in [1.29, 1.82) is 0 Å². The van der Waals surface area contributed by atoms with Crippen molar-refractivity contribution in [2.24, 2.45) is 4.99 Å². The van der Waals surface area contributed by atoms with Gasteiger partial charge in [0.15, 0.2) is 23.3 Å². The van der Waals surface area contributed by atoms with Crippen LogP contribution in [0.5, 0.6) is 17.2 Å². The number of nitrogens with one attached hydrogen (secondary N) is 1. The maximum atomic E-state index is 12.4. The van der Waals surface area contributed by atoms with Gasteiger partial charge in [0.25, 0.3) is 5.91 Å². The van der Waals surface area contributed by atoms with Gasteiger partial charge in [0, 0.05) is 0 Å². The normalized spacial score (nSPS) is 15.4. The molecule has 33 heavy (non-hydrogen) atoms. The standard InChI is InChI=1S/C24H26N2O6S/c1-4-29-18-10-8-17(9-11-18)25-24-26-23(28)21(33-24)14-16-7-12-19(20(13-16)30-5-2)32-15-22(27)31-6-3/h7-14H,4-6,15H2,1-3H3,(H,25,26,28)/b21-14+. The van der Waals surface area contributed by atoms with Crippen molar-refractivity contribution in [3.63, 3.8) is 0 Å². The second-order valence-corrected chi connectivity index (χ2v) is 7.67. The monoisotopic (exact) mass is 470 g/mol. The summed E-state index contributed by atoms with van der Waals surface area (Å²) in [6.07, 6.45) is 1.75. The Labute approximate surface area is 197 Å². The fourth-order valence-electron chi connectivity index (χ4n) is 2.87. The number of hydrogen-bond donors (Lipinski definition) is 1. The van der Waals surface area contributed by atoms with E-state index in [9.17, 15) is 9.59 Å². The summed E-state index contributed by atoms with van der Waals surface area (Å²) in [5, 5.41) is 3.27. The van der Waals surface area contributed by atoms with Gasteiger partial charge < -0.3 is 24.3 Å². The highest BCUT2D eigenvalue weighted by molar-refractivity contribution is 8.18. The zero-order valence-corrected chi connectivity index (χ0v) is 19.6. The van der Waals surface area contributed by atoms with E-state index < -0.39 is 5.97 Å². The van der Waals surface area contributed by atoms with Crippen LogP contribution >= 0.6 is 11.8 Å². The van der Waals surface area contributed by atoms with Crippen molar-refractivity contribution >= 4 is 40.6 Å². The average Bonchev–Trinajstić information content (AvgIpc) is 3.13. The predicted molar refractivity (Wildman–Crippen MR) is 128 cm³/mol. The molecule has 1 aliphatic heterocycles. The molecule has 8 nitrogen and oxygen atoms in total. The highest BCUT2D eigenvalue weighted by atomic mass is 32.2. The number of amidine groups is 1. The average molecular weight is 471 g/mol. The van der Waals surface area contributed by atoms with Crippen LogP contribution in [0, 0.1) is 0 Å². The van der Waals surface area contributed by atoms with Gasteiger partial charge in [0.2, 0.25) is 0 Å². The van der Waals surface area contributed by atoms with Gasteiger partial charge in [-0.1, -0.05) is 6.07 Å². The van der Waals surface area contributed by atoms with Gasteiger partial charge in [-0.25, -0.2) is 9.79 Å². The van der Waals surface area contributed by atoms with Crippen molar-refractivity contribution in [3.05, 3.63) is 52.9 Å². The van der Waals surface area contributed by atoms with Crippen molar-refractivity contribution in [3.8, 4) is 17.2 Å². The first kappa shape index (κ1) is 24.2. The van der Waals surface area contributed by atoms with Crippen molar-refractivity contribution in [2.45, 2.75) is 20.8 Å². The maximum absolute atomic E-state index is 12.4. The molecule has 0 atom stereocenters. The Morgan fingerprint density at radius 1 is 0.970 bits per heavy atom. The van der Waals surface area contributed by atoms with Crippen LogP contribution in [0.25, 0.3) is 6.08 Å². The number of thioether (sulfide) groups is 1. The van der Waals surface area contributed by atoms with Crippen LogP contribution in [0.3, 0.4) is 0 Å².